The lowest BCUT2D eigenvalue weighted by molar-refractivity contribution is 0.0931. The Kier molecular flexibility index (Phi) is 5.73. The second-order valence-electron chi connectivity index (χ2n) is 6.92. The van der Waals surface area contributed by atoms with Gasteiger partial charge in [0.1, 0.15) is 0 Å². The van der Waals surface area contributed by atoms with Crippen LogP contribution in [0.25, 0.3) is 0 Å². The van der Waals surface area contributed by atoms with Crippen LogP contribution in [0, 0.1) is 0 Å². The number of carbonyl (C=O) groups is 2. The fourth-order valence-electron chi connectivity index (χ4n) is 3.58. The van der Waals surface area contributed by atoms with Gasteiger partial charge in [-0.25, -0.2) is 0 Å². The van der Waals surface area contributed by atoms with Crippen LogP contribution >= 0.6 is 34.8 Å². The summed E-state index contributed by atoms with van der Waals surface area (Å²) in [5.41, 5.74) is 2.22. The fraction of sp³-hybridized carbons (Fsp3) is 0.190. The van der Waals surface area contributed by atoms with Crippen LogP contribution in [0.3, 0.4) is 0 Å². The summed E-state index contributed by atoms with van der Waals surface area (Å²) in [6, 6.07) is 11.3. The van der Waals surface area contributed by atoms with Crippen molar-refractivity contribution in [3.05, 3.63) is 80.6 Å². The van der Waals surface area contributed by atoms with Gasteiger partial charge in [0.25, 0.3) is 11.8 Å². The van der Waals surface area contributed by atoms with E-state index in [9.17, 15) is 9.59 Å². The summed E-state index contributed by atoms with van der Waals surface area (Å²) in [7, 11) is 1.78. The maximum atomic E-state index is 13.1. The number of amides is 2. The van der Waals surface area contributed by atoms with E-state index in [4.69, 9.17) is 34.8 Å². The first-order valence-electron chi connectivity index (χ1n) is 9.21. The molecule has 0 fully saturated rings. The minimum absolute atomic E-state index is 0.210. The predicted molar refractivity (Wildman–Crippen MR) is 118 cm³/mol. The lowest BCUT2D eigenvalue weighted by Gasteiger charge is -2.32. The normalized spacial score (nSPS) is 15.6. The highest BCUT2D eigenvalue weighted by atomic mass is 35.5. The molecule has 1 aromatic heterocycles. The van der Waals surface area contributed by atoms with Gasteiger partial charge in [-0.3, -0.25) is 14.3 Å². The minimum Gasteiger partial charge on any atom is -0.343 e. The maximum absolute atomic E-state index is 13.1. The minimum atomic E-state index is -0.311. The number of hydrogen-bond donors (Lipinski definition) is 1. The Bertz CT molecular complexity index is 1150. The number of nitrogens with one attached hydrogen (secondary N) is 1. The summed E-state index contributed by atoms with van der Waals surface area (Å²) in [6.07, 6.45) is 2.15. The average Bonchev–Trinajstić information content (AvgIpc) is 3.12. The second-order valence-corrected chi connectivity index (χ2v) is 8.14. The Morgan fingerprint density at radius 3 is 2.57 bits per heavy atom. The molecule has 4 rings (SSSR count). The van der Waals surface area contributed by atoms with E-state index in [1.807, 2.05) is 0 Å². The molecule has 0 saturated carbocycles. The number of benzene rings is 2. The van der Waals surface area contributed by atoms with Crippen molar-refractivity contribution in [1.82, 2.24) is 15.1 Å². The molecule has 0 aliphatic carbocycles. The van der Waals surface area contributed by atoms with Gasteiger partial charge < -0.3 is 10.2 Å². The van der Waals surface area contributed by atoms with Crippen molar-refractivity contribution in [3.8, 4) is 0 Å². The average molecular weight is 464 g/mol. The molecule has 0 radical (unpaired) electrons. The molecule has 2 aromatic carbocycles. The van der Waals surface area contributed by atoms with Gasteiger partial charge in [0, 0.05) is 19.2 Å². The molecule has 1 atom stereocenters. The topological polar surface area (TPSA) is 67.2 Å². The van der Waals surface area contributed by atoms with Crippen LogP contribution in [-0.2, 0) is 7.05 Å². The van der Waals surface area contributed by atoms with Crippen molar-refractivity contribution in [2.24, 2.45) is 7.05 Å². The van der Waals surface area contributed by atoms with Crippen molar-refractivity contribution in [1.29, 1.82) is 0 Å². The number of anilines is 1. The molecule has 30 heavy (non-hydrogen) atoms. The number of halogens is 3. The highest BCUT2D eigenvalue weighted by Gasteiger charge is 2.33. The SMILES string of the molecule is Cn1ncc2c1C(NC(=O)c1ccccc1Cl)CCN2C(=O)c1ccc(Cl)c(Cl)c1. The monoisotopic (exact) mass is 462 g/mol. The quantitative estimate of drug-likeness (QED) is 0.600. The number of nitrogens with zero attached hydrogens (tertiary/aromatic N) is 3. The van der Waals surface area contributed by atoms with Crippen LogP contribution in [0.2, 0.25) is 15.1 Å². The molecule has 0 spiro atoms. The van der Waals surface area contributed by atoms with Gasteiger partial charge in [-0.15, -0.1) is 0 Å². The number of aryl methyl sites for hydroxylation is 1. The zero-order valence-electron chi connectivity index (χ0n) is 15.9. The van der Waals surface area contributed by atoms with E-state index in [2.05, 4.69) is 10.4 Å². The van der Waals surface area contributed by atoms with E-state index in [-0.39, 0.29) is 17.9 Å². The van der Waals surface area contributed by atoms with Gasteiger partial charge in [-0.05, 0) is 36.8 Å². The first-order chi connectivity index (χ1) is 14.4. The molecular weight excluding hydrogens is 447 g/mol. The highest BCUT2D eigenvalue weighted by molar-refractivity contribution is 6.42. The molecule has 1 N–H and O–H groups in total. The largest absolute Gasteiger partial charge is 0.343 e. The zero-order valence-corrected chi connectivity index (χ0v) is 18.2. The maximum Gasteiger partial charge on any atom is 0.258 e. The van der Waals surface area contributed by atoms with Crippen LogP contribution < -0.4 is 10.2 Å². The number of aromatic nitrogens is 2. The van der Waals surface area contributed by atoms with Gasteiger partial charge in [-0.2, -0.15) is 5.10 Å². The van der Waals surface area contributed by atoms with E-state index in [0.717, 1.165) is 5.69 Å². The Labute approximate surface area is 188 Å². The van der Waals surface area contributed by atoms with Crippen LogP contribution in [0.1, 0.15) is 38.9 Å². The molecule has 0 saturated heterocycles. The van der Waals surface area contributed by atoms with Crippen LogP contribution in [0.4, 0.5) is 5.69 Å². The van der Waals surface area contributed by atoms with Crippen molar-refractivity contribution in [2.75, 3.05) is 11.4 Å². The Balaban J connectivity index is 1.62. The summed E-state index contributed by atoms with van der Waals surface area (Å²) < 4.78 is 1.67. The van der Waals surface area contributed by atoms with Crippen LogP contribution in [0.15, 0.2) is 48.7 Å². The summed E-state index contributed by atoms with van der Waals surface area (Å²) in [6.45, 7) is 0.408. The standard InChI is InChI=1S/C21H17Cl3N4O2/c1-27-19-17(26-20(29)13-4-2-3-5-14(13)22)8-9-28(18(19)11-25-27)21(30)12-6-7-15(23)16(24)10-12/h2-7,10-11,17H,8-9H2,1H3,(H,26,29). The lowest BCUT2D eigenvalue weighted by atomic mass is 10.0. The number of fused-ring (bicyclic) bond motifs is 1. The van der Waals surface area contributed by atoms with Crippen molar-refractivity contribution in [3.63, 3.8) is 0 Å². The van der Waals surface area contributed by atoms with Gasteiger partial charge in [0.05, 0.1) is 44.3 Å². The first kappa shape index (κ1) is 20.7. The Morgan fingerprint density at radius 1 is 1.07 bits per heavy atom. The lowest BCUT2D eigenvalue weighted by Crippen LogP contribution is -2.41. The molecule has 2 amide bonds. The van der Waals surface area contributed by atoms with Gasteiger partial charge in [0.2, 0.25) is 0 Å². The molecule has 0 bridgehead atoms. The van der Waals surface area contributed by atoms with Crippen LogP contribution in [0.5, 0.6) is 0 Å². The molecule has 1 aliphatic heterocycles. The Morgan fingerprint density at radius 2 is 1.83 bits per heavy atom. The van der Waals surface area contributed by atoms with Crippen molar-refractivity contribution >= 4 is 52.3 Å². The van der Waals surface area contributed by atoms with E-state index in [0.29, 0.717) is 44.8 Å². The highest BCUT2D eigenvalue weighted by Crippen LogP contribution is 2.35. The van der Waals surface area contributed by atoms with Gasteiger partial charge in [0.15, 0.2) is 0 Å². The second kappa shape index (κ2) is 8.30. The number of hydrogen-bond acceptors (Lipinski definition) is 3. The third-order valence-corrected chi connectivity index (χ3v) is 6.13. The smallest absolute Gasteiger partial charge is 0.258 e. The molecule has 154 valence electrons. The number of rotatable bonds is 3. The molecule has 9 heteroatoms. The molecule has 1 unspecified atom stereocenters. The van der Waals surface area contributed by atoms with Gasteiger partial charge >= 0.3 is 0 Å². The van der Waals surface area contributed by atoms with Gasteiger partial charge in [-0.1, -0.05) is 46.9 Å². The van der Waals surface area contributed by atoms with E-state index < -0.39 is 0 Å². The zero-order chi connectivity index (χ0) is 21.4. The van der Waals surface area contributed by atoms with Crippen molar-refractivity contribution < 1.29 is 9.59 Å². The summed E-state index contributed by atoms with van der Waals surface area (Å²) >= 11 is 18.2. The third kappa shape index (κ3) is 3.78. The summed E-state index contributed by atoms with van der Waals surface area (Å²) in [4.78, 5) is 27.5. The fourth-order valence-corrected chi connectivity index (χ4v) is 4.10. The molecule has 2 heterocycles. The Hall–Kier alpha value is -2.54. The van der Waals surface area contributed by atoms with Crippen LogP contribution in [-0.4, -0.2) is 28.1 Å². The predicted octanol–water partition coefficient (Wildman–Crippen LogP) is 4.90. The van der Waals surface area contributed by atoms with E-state index in [1.54, 1.807) is 65.3 Å². The molecule has 3 aromatic rings. The summed E-state index contributed by atoms with van der Waals surface area (Å²) in [5, 5.41) is 8.40. The van der Waals surface area contributed by atoms with Crippen molar-refractivity contribution in [2.45, 2.75) is 12.5 Å². The third-order valence-electron chi connectivity index (χ3n) is 5.06. The molecular formula is C21H17Cl3N4O2. The van der Waals surface area contributed by atoms with E-state index >= 15 is 0 Å². The molecule has 6 nitrogen and oxygen atoms in total. The van der Waals surface area contributed by atoms with E-state index in [1.165, 1.54) is 0 Å². The summed E-state index contributed by atoms with van der Waals surface area (Å²) in [5.74, 6) is -0.485. The molecule has 1 aliphatic rings. The number of carbonyl (C=O) groups excluding carboxylic acids is 2. The first-order valence-corrected chi connectivity index (χ1v) is 10.3.